The van der Waals surface area contributed by atoms with Gasteiger partial charge in [0.05, 0.1) is 13.1 Å². The molecule has 0 saturated carbocycles. The molecule has 6 heteroatoms. The number of rotatable bonds is 10. The molecule has 2 N–H and O–H groups in total. The lowest BCUT2D eigenvalue weighted by atomic mass is 10.1. The molecule has 20 heavy (non-hydrogen) atoms. The maximum Gasteiger partial charge on any atom is 0.220 e. The third-order valence-electron chi connectivity index (χ3n) is 2.70. The summed E-state index contributed by atoms with van der Waals surface area (Å²) >= 11 is 0. The standard InChI is InChI=1S/C14H24N2O4/c1-10(2)12(18)9-16-14(20)7-5-4-6-13(19)15-8-11(3)17/h10H,4-9H2,1-3H3,(H,15,19)(H,16,20). The molecule has 0 aromatic heterocycles. The van der Waals surface area contributed by atoms with E-state index in [1.54, 1.807) is 13.8 Å². The van der Waals surface area contributed by atoms with Gasteiger partial charge in [0.15, 0.2) is 5.78 Å². The molecule has 0 bridgehead atoms. The first kappa shape index (κ1) is 18.3. The number of hydrogen-bond donors (Lipinski definition) is 2. The van der Waals surface area contributed by atoms with Crippen molar-refractivity contribution >= 4 is 23.4 Å². The van der Waals surface area contributed by atoms with E-state index in [9.17, 15) is 19.2 Å². The predicted molar refractivity (Wildman–Crippen MR) is 75.0 cm³/mol. The van der Waals surface area contributed by atoms with Crippen molar-refractivity contribution in [2.45, 2.75) is 46.5 Å². The Labute approximate surface area is 119 Å². The molecular weight excluding hydrogens is 260 g/mol. The molecule has 0 atom stereocenters. The minimum Gasteiger partial charge on any atom is -0.349 e. The van der Waals surface area contributed by atoms with Gasteiger partial charge in [-0.15, -0.1) is 0 Å². The van der Waals surface area contributed by atoms with Gasteiger partial charge in [0.2, 0.25) is 11.8 Å². The second-order valence-electron chi connectivity index (χ2n) is 5.08. The SMILES string of the molecule is CC(=O)CNC(=O)CCCCC(=O)NCC(=O)C(C)C. The number of unbranched alkanes of at least 4 members (excludes halogenated alkanes) is 1. The summed E-state index contributed by atoms with van der Waals surface area (Å²) in [6.45, 7) is 5.09. The van der Waals surface area contributed by atoms with Gasteiger partial charge in [-0.05, 0) is 19.8 Å². The molecule has 0 heterocycles. The fraction of sp³-hybridized carbons (Fsp3) is 0.714. The second-order valence-corrected chi connectivity index (χ2v) is 5.08. The van der Waals surface area contributed by atoms with E-state index in [4.69, 9.17) is 0 Å². The zero-order valence-corrected chi connectivity index (χ0v) is 12.5. The van der Waals surface area contributed by atoms with E-state index in [0.29, 0.717) is 25.7 Å². The van der Waals surface area contributed by atoms with E-state index in [0.717, 1.165) is 0 Å². The van der Waals surface area contributed by atoms with Crippen LogP contribution in [0.1, 0.15) is 46.5 Å². The van der Waals surface area contributed by atoms with Gasteiger partial charge in [0.25, 0.3) is 0 Å². The van der Waals surface area contributed by atoms with Crippen molar-refractivity contribution in [2.75, 3.05) is 13.1 Å². The lowest BCUT2D eigenvalue weighted by Gasteiger charge is -2.06. The third kappa shape index (κ3) is 10.2. The summed E-state index contributed by atoms with van der Waals surface area (Å²) in [5.74, 6) is -0.534. The van der Waals surface area contributed by atoms with Gasteiger partial charge in [-0.25, -0.2) is 0 Å². The molecule has 0 radical (unpaired) electrons. The van der Waals surface area contributed by atoms with Crippen molar-refractivity contribution in [3.05, 3.63) is 0 Å². The topological polar surface area (TPSA) is 92.3 Å². The molecule has 0 saturated heterocycles. The van der Waals surface area contributed by atoms with E-state index < -0.39 is 0 Å². The number of hydrogen-bond acceptors (Lipinski definition) is 4. The molecule has 2 amide bonds. The Balaban J connectivity index is 3.59. The molecular formula is C14H24N2O4. The molecule has 0 aromatic rings. The van der Waals surface area contributed by atoms with Crippen LogP contribution in [0, 0.1) is 5.92 Å². The number of nitrogens with one attached hydrogen (secondary N) is 2. The van der Waals surface area contributed by atoms with Crippen LogP contribution >= 0.6 is 0 Å². The molecule has 0 aromatic carbocycles. The van der Waals surface area contributed by atoms with Crippen molar-refractivity contribution in [1.82, 2.24) is 10.6 Å². The lowest BCUT2D eigenvalue weighted by Crippen LogP contribution is -2.31. The first-order valence-corrected chi connectivity index (χ1v) is 6.88. The van der Waals surface area contributed by atoms with E-state index in [2.05, 4.69) is 10.6 Å². The Morgan fingerprint density at radius 3 is 1.70 bits per heavy atom. The Morgan fingerprint density at radius 2 is 1.30 bits per heavy atom. The van der Waals surface area contributed by atoms with Gasteiger partial charge >= 0.3 is 0 Å². The molecule has 0 fully saturated rings. The van der Waals surface area contributed by atoms with Crippen LogP contribution in [-0.2, 0) is 19.2 Å². The fourth-order valence-corrected chi connectivity index (χ4v) is 1.36. The van der Waals surface area contributed by atoms with Crippen LogP contribution in [0.2, 0.25) is 0 Å². The fourth-order valence-electron chi connectivity index (χ4n) is 1.36. The molecule has 0 aliphatic heterocycles. The molecule has 0 aliphatic carbocycles. The van der Waals surface area contributed by atoms with E-state index >= 15 is 0 Å². The molecule has 0 spiro atoms. The Morgan fingerprint density at radius 1 is 0.850 bits per heavy atom. The Kier molecular flexibility index (Phi) is 9.24. The third-order valence-corrected chi connectivity index (χ3v) is 2.70. The number of Topliss-reactive ketones (excluding diaryl/α,β-unsaturated/α-hetero) is 2. The lowest BCUT2D eigenvalue weighted by molar-refractivity contribution is -0.126. The number of carbonyl (C=O) groups excluding carboxylic acids is 4. The minimum absolute atomic E-state index is 0.00182. The van der Waals surface area contributed by atoms with Crippen LogP contribution in [0.15, 0.2) is 0 Å². The highest BCUT2D eigenvalue weighted by molar-refractivity contribution is 5.87. The molecule has 6 nitrogen and oxygen atoms in total. The largest absolute Gasteiger partial charge is 0.349 e. The van der Waals surface area contributed by atoms with Crippen molar-refractivity contribution in [3.8, 4) is 0 Å². The minimum atomic E-state index is -0.185. The van der Waals surface area contributed by atoms with Crippen molar-refractivity contribution < 1.29 is 19.2 Å². The molecule has 0 unspecified atom stereocenters. The van der Waals surface area contributed by atoms with Crippen LogP contribution in [0.25, 0.3) is 0 Å². The highest BCUT2D eigenvalue weighted by Gasteiger charge is 2.09. The Bertz CT molecular complexity index is 364. The predicted octanol–water partition coefficient (Wildman–Crippen LogP) is 0.593. The smallest absolute Gasteiger partial charge is 0.220 e. The van der Waals surface area contributed by atoms with Gasteiger partial charge in [-0.1, -0.05) is 13.8 Å². The summed E-state index contributed by atoms with van der Waals surface area (Å²) in [7, 11) is 0. The van der Waals surface area contributed by atoms with Crippen molar-refractivity contribution in [3.63, 3.8) is 0 Å². The average Bonchev–Trinajstić information content (AvgIpc) is 2.38. The summed E-state index contributed by atoms with van der Waals surface area (Å²) in [4.78, 5) is 44.6. The zero-order valence-electron chi connectivity index (χ0n) is 12.5. The van der Waals surface area contributed by atoms with Crippen molar-refractivity contribution in [1.29, 1.82) is 0 Å². The van der Waals surface area contributed by atoms with Crippen LogP contribution < -0.4 is 10.6 Å². The van der Waals surface area contributed by atoms with Crippen molar-refractivity contribution in [2.24, 2.45) is 5.92 Å². The van der Waals surface area contributed by atoms with Crippen LogP contribution in [-0.4, -0.2) is 36.5 Å². The maximum absolute atomic E-state index is 11.4. The van der Waals surface area contributed by atoms with Gasteiger partial charge in [-0.2, -0.15) is 0 Å². The Hall–Kier alpha value is -1.72. The van der Waals surface area contributed by atoms with E-state index in [-0.39, 0.29) is 42.4 Å². The quantitative estimate of drug-likeness (QED) is 0.574. The normalized spacial score (nSPS) is 10.2. The first-order chi connectivity index (χ1) is 9.32. The average molecular weight is 284 g/mol. The van der Waals surface area contributed by atoms with Crippen LogP contribution in [0.4, 0.5) is 0 Å². The number of ketones is 2. The second kappa shape index (κ2) is 10.1. The van der Waals surface area contributed by atoms with E-state index in [1.165, 1.54) is 6.92 Å². The van der Waals surface area contributed by atoms with Gasteiger partial charge in [-0.3, -0.25) is 19.2 Å². The summed E-state index contributed by atoms with van der Waals surface area (Å²) in [5.41, 5.74) is 0. The van der Waals surface area contributed by atoms with E-state index in [1.807, 2.05) is 0 Å². The number of carbonyl (C=O) groups is 4. The number of amides is 2. The van der Waals surface area contributed by atoms with Crippen LogP contribution in [0.3, 0.4) is 0 Å². The summed E-state index contributed by atoms with van der Waals surface area (Å²) in [6.07, 6.45) is 1.75. The van der Waals surface area contributed by atoms with Gasteiger partial charge < -0.3 is 10.6 Å². The van der Waals surface area contributed by atoms with Gasteiger partial charge in [0.1, 0.15) is 5.78 Å². The molecule has 0 rings (SSSR count). The maximum atomic E-state index is 11.4. The zero-order chi connectivity index (χ0) is 15.5. The monoisotopic (exact) mass is 284 g/mol. The molecule has 0 aliphatic rings. The highest BCUT2D eigenvalue weighted by Crippen LogP contribution is 2.00. The van der Waals surface area contributed by atoms with Gasteiger partial charge in [0, 0.05) is 18.8 Å². The summed E-state index contributed by atoms with van der Waals surface area (Å²) in [5, 5.41) is 5.05. The summed E-state index contributed by atoms with van der Waals surface area (Å²) in [6, 6.07) is 0. The highest BCUT2D eigenvalue weighted by atomic mass is 16.2. The summed E-state index contributed by atoms with van der Waals surface area (Å²) < 4.78 is 0. The molecule has 114 valence electrons. The van der Waals surface area contributed by atoms with Crippen LogP contribution in [0.5, 0.6) is 0 Å². The first-order valence-electron chi connectivity index (χ1n) is 6.88.